The average Bonchev–Trinajstić information content (AvgIpc) is 3.12. The molecule has 0 bridgehead atoms. The first-order chi connectivity index (χ1) is 9.25. The standard InChI is InChI=1S/C14H27N3O2/c1-18-11-8-17(9-12(11)19-2)14(10-15)5-7-16-6-3-4-13(14)16/h11-13H,3-10,15H2,1-2H3. The van der Waals surface area contributed by atoms with Crippen molar-refractivity contribution in [3.63, 3.8) is 0 Å². The summed E-state index contributed by atoms with van der Waals surface area (Å²) in [4.78, 5) is 5.19. The van der Waals surface area contributed by atoms with E-state index in [0.717, 1.165) is 19.6 Å². The Balaban J connectivity index is 1.79. The number of hydrogen-bond acceptors (Lipinski definition) is 5. The van der Waals surface area contributed by atoms with Crippen LogP contribution < -0.4 is 5.73 Å². The summed E-state index contributed by atoms with van der Waals surface area (Å²) in [5.41, 5.74) is 6.38. The largest absolute Gasteiger partial charge is 0.377 e. The predicted octanol–water partition coefficient (Wildman–Crippen LogP) is -0.102. The predicted molar refractivity (Wildman–Crippen MR) is 74.2 cm³/mol. The van der Waals surface area contributed by atoms with Gasteiger partial charge in [-0.15, -0.1) is 0 Å². The van der Waals surface area contributed by atoms with Gasteiger partial charge in [0.1, 0.15) is 0 Å². The lowest BCUT2D eigenvalue weighted by atomic mass is 9.87. The van der Waals surface area contributed by atoms with E-state index in [1.165, 1.54) is 32.4 Å². The van der Waals surface area contributed by atoms with E-state index in [2.05, 4.69) is 9.80 Å². The topological polar surface area (TPSA) is 51.0 Å². The van der Waals surface area contributed by atoms with Gasteiger partial charge in [-0.3, -0.25) is 9.80 Å². The van der Waals surface area contributed by atoms with Gasteiger partial charge in [-0.2, -0.15) is 0 Å². The number of hydrogen-bond donors (Lipinski definition) is 1. The first kappa shape index (κ1) is 13.8. The molecule has 3 fully saturated rings. The fourth-order valence-corrected chi connectivity index (χ4v) is 4.50. The van der Waals surface area contributed by atoms with Crippen LogP contribution in [0.2, 0.25) is 0 Å². The molecular weight excluding hydrogens is 242 g/mol. The molecule has 5 nitrogen and oxygen atoms in total. The molecule has 3 saturated heterocycles. The van der Waals surface area contributed by atoms with Crippen LogP contribution in [0, 0.1) is 0 Å². The molecule has 3 rings (SSSR count). The van der Waals surface area contributed by atoms with E-state index < -0.39 is 0 Å². The number of rotatable bonds is 4. The normalized spacial score (nSPS) is 44.1. The third-order valence-corrected chi connectivity index (χ3v) is 5.62. The molecule has 0 aromatic carbocycles. The van der Waals surface area contributed by atoms with E-state index in [1.54, 1.807) is 14.2 Å². The van der Waals surface area contributed by atoms with Crippen LogP contribution in [0.1, 0.15) is 19.3 Å². The van der Waals surface area contributed by atoms with Crippen LogP contribution >= 0.6 is 0 Å². The van der Waals surface area contributed by atoms with Gasteiger partial charge < -0.3 is 15.2 Å². The molecule has 19 heavy (non-hydrogen) atoms. The molecular formula is C14H27N3O2. The lowest BCUT2D eigenvalue weighted by molar-refractivity contribution is -0.00461. The van der Waals surface area contributed by atoms with Gasteiger partial charge in [0.25, 0.3) is 0 Å². The van der Waals surface area contributed by atoms with Crippen molar-refractivity contribution in [1.29, 1.82) is 0 Å². The zero-order valence-corrected chi connectivity index (χ0v) is 12.2. The van der Waals surface area contributed by atoms with Gasteiger partial charge >= 0.3 is 0 Å². The van der Waals surface area contributed by atoms with Crippen molar-refractivity contribution in [3.05, 3.63) is 0 Å². The number of likely N-dealkylation sites (tertiary alicyclic amines) is 1. The third-order valence-electron chi connectivity index (χ3n) is 5.62. The van der Waals surface area contributed by atoms with E-state index in [-0.39, 0.29) is 17.7 Å². The molecule has 2 N–H and O–H groups in total. The maximum atomic E-state index is 6.23. The molecule has 0 spiro atoms. The van der Waals surface area contributed by atoms with E-state index >= 15 is 0 Å². The summed E-state index contributed by atoms with van der Waals surface area (Å²) in [6, 6.07) is 0.644. The minimum Gasteiger partial charge on any atom is -0.377 e. The molecule has 3 aliphatic heterocycles. The SMILES string of the molecule is COC1CN(C2(CN)CCN3CCCC32)CC1OC. The maximum absolute atomic E-state index is 6.23. The molecule has 0 saturated carbocycles. The second-order valence-electron chi connectivity index (χ2n) is 6.20. The highest BCUT2D eigenvalue weighted by Gasteiger charge is 2.54. The van der Waals surface area contributed by atoms with E-state index in [1.807, 2.05) is 0 Å². The van der Waals surface area contributed by atoms with Crippen molar-refractivity contribution in [3.8, 4) is 0 Å². The van der Waals surface area contributed by atoms with Crippen molar-refractivity contribution in [2.75, 3.05) is 46.9 Å². The van der Waals surface area contributed by atoms with Crippen LogP contribution in [0.15, 0.2) is 0 Å². The van der Waals surface area contributed by atoms with Gasteiger partial charge in [-0.05, 0) is 25.8 Å². The summed E-state index contributed by atoms with van der Waals surface area (Å²) in [6.07, 6.45) is 4.18. The second-order valence-corrected chi connectivity index (χ2v) is 6.20. The van der Waals surface area contributed by atoms with Crippen LogP contribution in [-0.4, -0.2) is 80.5 Å². The van der Waals surface area contributed by atoms with E-state index in [4.69, 9.17) is 15.2 Å². The Morgan fingerprint density at radius 2 is 1.84 bits per heavy atom. The van der Waals surface area contributed by atoms with Crippen LogP contribution in [-0.2, 0) is 9.47 Å². The van der Waals surface area contributed by atoms with Gasteiger partial charge in [-0.25, -0.2) is 0 Å². The number of methoxy groups -OCH3 is 2. The van der Waals surface area contributed by atoms with Crippen LogP contribution in [0.5, 0.6) is 0 Å². The smallest absolute Gasteiger partial charge is 0.0972 e. The van der Waals surface area contributed by atoms with E-state index in [0.29, 0.717) is 6.04 Å². The summed E-state index contributed by atoms with van der Waals surface area (Å²) in [5, 5.41) is 0. The molecule has 110 valence electrons. The lowest BCUT2D eigenvalue weighted by Gasteiger charge is -2.42. The van der Waals surface area contributed by atoms with Crippen molar-refractivity contribution in [1.82, 2.24) is 9.80 Å². The Morgan fingerprint density at radius 1 is 1.16 bits per heavy atom. The minimum atomic E-state index is 0.153. The van der Waals surface area contributed by atoms with Crippen LogP contribution in [0.4, 0.5) is 0 Å². The Hall–Kier alpha value is -0.200. The second kappa shape index (κ2) is 5.30. The molecule has 3 heterocycles. The zero-order valence-electron chi connectivity index (χ0n) is 12.2. The summed E-state index contributed by atoms with van der Waals surface area (Å²) in [7, 11) is 3.57. The Labute approximate surface area is 116 Å². The summed E-state index contributed by atoms with van der Waals surface area (Å²) < 4.78 is 11.2. The lowest BCUT2D eigenvalue weighted by Crippen LogP contribution is -2.59. The average molecular weight is 269 g/mol. The van der Waals surface area contributed by atoms with E-state index in [9.17, 15) is 0 Å². The van der Waals surface area contributed by atoms with Gasteiger partial charge in [0.2, 0.25) is 0 Å². The third kappa shape index (κ3) is 2.03. The Kier molecular flexibility index (Phi) is 3.84. The molecule has 0 aromatic rings. The first-order valence-electron chi connectivity index (χ1n) is 7.50. The summed E-state index contributed by atoms with van der Waals surface area (Å²) in [5.74, 6) is 0. The summed E-state index contributed by atoms with van der Waals surface area (Å²) >= 11 is 0. The number of nitrogens with zero attached hydrogens (tertiary/aromatic N) is 2. The minimum absolute atomic E-state index is 0.153. The fourth-order valence-electron chi connectivity index (χ4n) is 4.50. The van der Waals surface area contributed by atoms with Gasteiger partial charge in [0.15, 0.2) is 0 Å². The van der Waals surface area contributed by atoms with Gasteiger partial charge in [0, 0.05) is 46.4 Å². The Morgan fingerprint density at radius 3 is 2.42 bits per heavy atom. The number of fused-ring (bicyclic) bond motifs is 1. The number of nitrogens with two attached hydrogens (primary N) is 1. The van der Waals surface area contributed by atoms with Crippen molar-refractivity contribution < 1.29 is 9.47 Å². The summed E-state index contributed by atoms with van der Waals surface area (Å²) in [6.45, 7) is 5.11. The van der Waals surface area contributed by atoms with Crippen molar-refractivity contribution in [2.24, 2.45) is 5.73 Å². The van der Waals surface area contributed by atoms with Crippen LogP contribution in [0.3, 0.4) is 0 Å². The highest BCUT2D eigenvalue weighted by Crippen LogP contribution is 2.41. The first-order valence-corrected chi connectivity index (χ1v) is 7.50. The van der Waals surface area contributed by atoms with Gasteiger partial charge in [0.05, 0.1) is 17.7 Å². The molecule has 4 atom stereocenters. The fraction of sp³-hybridized carbons (Fsp3) is 1.00. The monoisotopic (exact) mass is 269 g/mol. The van der Waals surface area contributed by atoms with Crippen molar-refractivity contribution in [2.45, 2.75) is 43.1 Å². The molecule has 4 unspecified atom stereocenters. The van der Waals surface area contributed by atoms with Gasteiger partial charge in [-0.1, -0.05) is 0 Å². The Bertz CT molecular complexity index is 316. The molecule has 0 radical (unpaired) electrons. The molecule has 0 aromatic heterocycles. The molecule has 3 aliphatic rings. The molecule has 5 heteroatoms. The number of ether oxygens (including phenoxy) is 2. The molecule has 0 amide bonds. The maximum Gasteiger partial charge on any atom is 0.0972 e. The molecule has 0 aliphatic carbocycles. The van der Waals surface area contributed by atoms with Crippen molar-refractivity contribution >= 4 is 0 Å². The quantitative estimate of drug-likeness (QED) is 0.772. The highest BCUT2D eigenvalue weighted by atomic mass is 16.5. The highest BCUT2D eigenvalue weighted by molar-refractivity contribution is 5.12. The zero-order chi connectivity index (χ0) is 13.5. The van der Waals surface area contributed by atoms with Crippen LogP contribution in [0.25, 0.3) is 0 Å².